The fourth-order valence-corrected chi connectivity index (χ4v) is 1.30. The Labute approximate surface area is 98.0 Å². The maximum absolute atomic E-state index is 10.8. The second kappa shape index (κ2) is 4.65. The molecule has 0 fully saturated rings. The maximum Gasteiger partial charge on any atom is 0.221 e. The third kappa shape index (κ3) is 3.04. The van der Waals surface area contributed by atoms with Crippen LogP contribution in [0.5, 0.6) is 0 Å². The zero-order valence-corrected chi connectivity index (χ0v) is 9.52. The molecule has 0 saturated heterocycles. The van der Waals surface area contributed by atoms with Gasteiger partial charge >= 0.3 is 0 Å². The number of rotatable bonds is 3. The highest BCUT2D eigenvalue weighted by molar-refractivity contribution is 5.88. The molecule has 2 aromatic rings. The van der Waals surface area contributed by atoms with Crippen LogP contribution in [0.25, 0.3) is 0 Å². The molecule has 0 bridgehead atoms. The van der Waals surface area contributed by atoms with E-state index in [-0.39, 0.29) is 5.91 Å². The van der Waals surface area contributed by atoms with Gasteiger partial charge in [0.1, 0.15) is 11.6 Å². The van der Waals surface area contributed by atoms with Gasteiger partial charge in [-0.25, -0.2) is 4.98 Å². The standard InChI is InChI=1S/C11H12N4O2/c1-7-5-11(15-17-7)14-10-4-3-9(6-12-10)13-8(2)16/h3-6H,1-2H3,(H,13,16)(H,12,14,15). The molecule has 0 saturated carbocycles. The van der Waals surface area contributed by atoms with Crippen LogP contribution in [0.4, 0.5) is 17.3 Å². The minimum Gasteiger partial charge on any atom is -0.360 e. The number of carbonyl (C=O) groups is 1. The van der Waals surface area contributed by atoms with Gasteiger partial charge in [-0.05, 0) is 19.1 Å². The van der Waals surface area contributed by atoms with E-state index in [1.807, 2.05) is 6.92 Å². The Morgan fingerprint density at radius 1 is 1.35 bits per heavy atom. The molecule has 0 atom stereocenters. The molecule has 6 nitrogen and oxygen atoms in total. The number of nitrogens with one attached hydrogen (secondary N) is 2. The number of anilines is 3. The molecule has 6 heteroatoms. The lowest BCUT2D eigenvalue weighted by Crippen LogP contribution is -2.06. The number of amides is 1. The third-order valence-corrected chi connectivity index (χ3v) is 1.97. The van der Waals surface area contributed by atoms with Crippen molar-refractivity contribution in [1.29, 1.82) is 0 Å². The molecular weight excluding hydrogens is 220 g/mol. The Morgan fingerprint density at radius 2 is 2.18 bits per heavy atom. The smallest absolute Gasteiger partial charge is 0.221 e. The van der Waals surface area contributed by atoms with Gasteiger partial charge in [-0.3, -0.25) is 4.79 Å². The summed E-state index contributed by atoms with van der Waals surface area (Å²) in [6.07, 6.45) is 1.57. The number of carbonyl (C=O) groups excluding carboxylic acids is 1. The van der Waals surface area contributed by atoms with Crippen molar-refractivity contribution in [3.63, 3.8) is 0 Å². The molecule has 2 aromatic heterocycles. The molecule has 88 valence electrons. The van der Waals surface area contributed by atoms with Gasteiger partial charge in [-0.2, -0.15) is 0 Å². The maximum atomic E-state index is 10.8. The summed E-state index contributed by atoms with van der Waals surface area (Å²) in [7, 11) is 0. The van der Waals surface area contributed by atoms with Crippen molar-refractivity contribution in [3.05, 3.63) is 30.2 Å². The summed E-state index contributed by atoms with van der Waals surface area (Å²) in [6, 6.07) is 5.27. The topological polar surface area (TPSA) is 80.0 Å². The van der Waals surface area contributed by atoms with Crippen molar-refractivity contribution in [2.24, 2.45) is 0 Å². The zero-order chi connectivity index (χ0) is 12.3. The number of pyridine rings is 1. The lowest BCUT2D eigenvalue weighted by atomic mass is 10.4. The highest BCUT2D eigenvalue weighted by atomic mass is 16.5. The van der Waals surface area contributed by atoms with E-state index < -0.39 is 0 Å². The highest BCUT2D eigenvalue weighted by Gasteiger charge is 2.02. The van der Waals surface area contributed by atoms with Crippen molar-refractivity contribution in [2.45, 2.75) is 13.8 Å². The molecule has 0 spiro atoms. The lowest BCUT2D eigenvalue weighted by molar-refractivity contribution is -0.114. The first kappa shape index (κ1) is 11.1. The van der Waals surface area contributed by atoms with Crippen molar-refractivity contribution in [3.8, 4) is 0 Å². The van der Waals surface area contributed by atoms with Crippen LogP contribution in [-0.2, 0) is 4.79 Å². The molecule has 2 rings (SSSR count). The molecule has 1 amide bonds. The Hall–Kier alpha value is -2.37. The second-order valence-electron chi connectivity index (χ2n) is 3.56. The molecular formula is C11H12N4O2. The van der Waals surface area contributed by atoms with Gasteiger partial charge in [0.15, 0.2) is 5.82 Å². The molecule has 17 heavy (non-hydrogen) atoms. The van der Waals surface area contributed by atoms with E-state index in [1.54, 1.807) is 24.4 Å². The molecule has 0 aliphatic heterocycles. The average molecular weight is 232 g/mol. The summed E-state index contributed by atoms with van der Waals surface area (Å²) in [6.45, 7) is 3.26. The predicted octanol–water partition coefficient (Wildman–Crippen LogP) is 2.08. The summed E-state index contributed by atoms with van der Waals surface area (Å²) in [5, 5.41) is 9.40. The second-order valence-corrected chi connectivity index (χ2v) is 3.56. The van der Waals surface area contributed by atoms with Crippen LogP contribution in [0.3, 0.4) is 0 Å². The monoisotopic (exact) mass is 232 g/mol. The molecule has 2 heterocycles. The van der Waals surface area contributed by atoms with Crippen molar-refractivity contribution in [2.75, 3.05) is 10.6 Å². The van der Waals surface area contributed by atoms with E-state index >= 15 is 0 Å². The number of nitrogens with zero attached hydrogens (tertiary/aromatic N) is 2. The summed E-state index contributed by atoms with van der Waals surface area (Å²) >= 11 is 0. The molecule has 0 aromatic carbocycles. The van der Waals surface area contributed by atoms with Gasteiger partial charge in [0.05, 0.1) is 11.9 Å². The predicted molar refractivity (Wildman–Crippen MR) is 63.1 cm³/mol. The quantitative estimate of drug-likeness (QED) is 0.846. The molecule has 2 N–H and O–H groups in total. The van der Waals surface area contributed by atoms with Crippen molar-refractivity contribution < 1.29 is 9.32 Å². The van der Waals surface area contributed by atoms with Crippen LogP contribution in [0.15, 0.2) is 28.9 Å². The summed E-state index contributed by atoms with van der Waals surface area (Å²) in [5.74, 6) is 1.83. The van der Waals surface area contributed by atoms with Gasteiger partial charge in [0.25, 0.3) is 0 Å². The van der Waals surface area contributed by atoms with Crippen LogP contribution in [0.1, 0.15) is 12.7 Å². The van der Waals surface area contributed by atoms with E-state index in [1.165, 1.54) is 6.92 Å². The van der Waals surface area contributed by atoms with Crippen LogP contribution in [-0.4, -0.2) is 16.0 Å². The summed E-state index contributed by atoms with van der Waals surface area (Å²) in [5.41, 5.74) is 0.652. The van der Waals surface area contributed by atoms with Crippen LogP contribution < -0.4 is 10.6 Å². The van der Waals surface area contributed by atoms with Gasteiger partial charge < -0.3 is 15.2 Å². The van der Waals surface area contributed by atoms with E-state index in [2.05, 4.69) is 20.8 Å². The van der Waals surface area contributed by atoms with Gasteiger partial charge in [0, 0.05) is 13.0 Å². The first-order valence-corrected chi connectivity index (χ1v) is 5.07. The van der Waals surface area contributed by atoms with Gasteiger partial charge in [-0.15, -0.1) is 0 Å². The van der Waals surface area contributed by atoms with E-state index in [4.69, 9.17) is 4.52 Å². The fourth-order valence-electron chi connectivity index (χ4n) is 1.30. The molecule has 0 radical (unpaired) electrons. The Balaban J connectivity index is 2.05. The van der Waals surface area contributed by atoms with Gasteiger partial charge in [-0.1, -0.05) is 5.16 Å². The van der Waals surface area contributed by atoms with Gasteiger partial charge in [0.2, 0.25) is 5.91 Å². The van der Waals surface area contributed by atoms with Crippen molar-refractivity contribution >= 4 is 23.2 Å². The number of hydrogen-bond donors (Lipinski definition) is 2. The minimum atomic E-state index is -0.125. The largest absolute Gasteiger partial charge is 0.360 e. The normalized spacial score (nSPS) is 10.0. The van der Waals surface area contributed by atoms with E-state index in [0.717, 1.165) is 5.76 Å². The third-order valence-electron chi connectivity index (χ3n) is 1.97. The highest BCUT2D eigenvalue weighted by Crippen LogP contribution is 2.15. The number of hydrogen-bond acceptors (Lipinski definition) is 5. The molecule has 0 aliphatic carbocycles. The minimum absolute atomic E-state index is 0.125. The Morgan fingerprint density at radius 3 is 2.71 bits per heavy atom. The SMILES string of the molecule is CC(=O)Nc1ccc(Nc2cc(C)on2)nc1. The van der Waals surface area contributed by atoms with E-state index in [9.17, 15) is 4.79 Å². The summed E-state index contributed by atoms with van der Waals surface area (Å²) in [4.78, 5) is 14.9. The Bertz CT molecular complexity index is 519. The molecule has 0 unspecified atom stereocenters. The first-order chi connectivity index (χ1) is 8.13. The van der Waals surface area contributed by atoms with Crippen LogP contribution >= 0.6 is 0 Å². The number of aromatic nitrogens is 2. The lowest BCUT2D eigenvalue weighted by Gasteiger charge is -2.03. The van der Waals surface area contributed by atoms with Crippen LogP contribution in [0.2, 0.25) is 0 Å². The van der Waals surface area contributed by atoms with E-state index in [0.29, 0.717) is 17.3 Å². The Kier molecular flexibility index (Phi) is 3.04. The zero-order valence-electron chi connectivity index (χ0n) is 9.52. The average Bonchev–Trinajstić information content (AvgIpc) is 2.66. The fraction of sp³-hybridized carbons (Fsp3) is 0.182. The van der Waals surface area contributed by atoms with Crippen molar-refractivity contribution in [1.82, 2.24) is 10.1 Å². The number of aryl methyl sites for hydroxylation is 1. The first-order valence-electron chi connectivity index (χ1n) is 5.07. The van der Waals surface area contributed by atoms with Crippen LogP contribution in [0, 0.1) is 6.92 Å². The molecule has 0 aliphatic rings. The summed E-state index contributed by atoms with van der Waals surface area (Å²) < 4.78 is 4.92.